The van der Waals surface area contributed by atoms with Crippen LogP contribution in [0.2, 0.25) is 0 Å². The van der Waals surface area contributed by atoms with Crippen LogP contribution in [0.25, 0.3) is 0 Å². The van der Waals surface area contributed by atoms with Crippen LogP contribution >= 0.6 is 0 Å². The minimum absolute atomic E-state index is 0.150. The molecule has 1 fully saturated rings. The van der Waals surface area contributed by atoms with Crippen LogP contribution in [0.3, 0.4) is 0 Å². The Bertz CT molecular complexity index is 599. The minimum atomic E-state index is -0.309. The summed E-state index contributed by atoms with van der Waals surface area (Å²) in [5.74, 6) is 1.03. The van der Waals surface area contributed by atoms with Gasteiger partial charge >= 0.3 is 5.97 Å². The molecule has 1 unspecified atom stereocenters. The van der Waals surface area contributed by atoms with Gasteiger partial charge in [0.2, 0.25) is 0 Å². The number of benzene rings is 1. The summed E-state index contributed by atoms with van der Waals surface area (Å²) in [5, 5.41) is 3.58. The van der Waals surface area contributed by atoms with Crippen molar-refractivity contribution in [3.8, 4) is 5.75 Å². The predicted octanol–water partition coefficient (Wildman–Crippen LogP) is 3.62. The molecule has 0 bridgehead atoms. The lowest BCUT2D eigenvalue weighted by atomic mass is 9.70. The standard InChI is InChI=1S/C19H30N2O3/c1-12-6-14(11-19(2,3)10-12)21-16-9-17(23-4)13(7-15(16)20)8-18(22)24-5/h7,9,12,14,21H,6,8,10-11,20H2,1-5H3/t12-,14?/m0/s1. The second-order valence-corrected chi connectivity index (χ2v) is 7.76. The molecule has 0 saturated heterocycles. The topological polar surface area (TPSA) is 73.6 Å². The van der Waals surface area contributed by atoms with Crippen LogP contribution in [-0.2, 0) is 16.0 Å². The van der Waals surface area contributed by atoms with Crippen molar-refractivity contribution in [3.05, 3.63) is 17.7 Å². The van der Waals surface area contributed by atoms with Gasteiger partial charge in [0.1, 0.15) is 5.75 Å². The van der Waals surface area contributed by atoms with E-state index in [1.54, 1.807) is 13.2 Å². The first kappa shape index (κ1) is 18.4. The number of hydrogen-bond acceptors (Lipinski definition) is 5. The molecule has 0 heterocycles. The number of methoxy groups -OCH3 is 2. The first-order valence-electron chi connectivity index (χ1n) is 8.54. The van der Waals surface area contributed by atoms with E-state index in [9.17, 15) is 4.79 Å². The lowest BCUT2D eigenvalue weighted by Crippen LogP contribution is -2.35. The molecule has 1 aromatic carbocycles. The Morgan fingerprint density at radius 2 is 2.04 bits per heavy atom. The molecule has 0 aliphatic heterocycles. The van der Waals surface area contributed by atoms with E-state index in [-0.39, 0.29) is 12.4 Å². The van der Waals surface area contributed by atoms with E-state index in [1.807, 2.05) is 6.07 Å². The molecular formula is C19H30N2O3. The maximum atomic E-state index is 11.5. The first-order valence-corrected chi connectivity index (χ1v) is 8.54. The van der Waals surface area contributed by atoms with Gasteiger partial charge in [-0.25, -0.2) is 0 Å². The Labute approximate surface area is 144 Å². The number of nitrogens with two attached hydrogens (primary N) is 1. The number of nitrogens with one attached hydrogen (secondary N) is 1. The third kappa shape index (κ3) is 4.56. The highest BCUT2D eigenvalue weighted by Gasteiger charge is 2.32. The average molecular weight is 334 g/mol. The molecule has 5 nitrogen and oxygen atoms in total. The summed E-state index contributed by atoms with van der Waals surface area (Å²) in [7, 11) is 2.97. The average Bonchev–Trinajstić information content (AvgIpc) is 2.47. The van der Waals surface area contributed by atoms with Gasteiger partial charge in [-0.3, -0.25) is 4.79 Å². The van der Waals surface area contributed by atoms with Crippen LogP contribution in [0.1, 0.15) is 45.6 Å². The van der Waals surface area contributed by atoms with Gasteiger partial charge in [0, 0.05) is 17.7 Å². The molecule has 0 spiro atoms. The molecule has 24 heavy (non-hydrogen) atoms. The molecule has 134 valence electrons. The van der Waals surface area contributed by atoms with Crippen molar-refractivity contribution >= 4 is 17.3 Å². The largest absolute Gasteiger partial charge is 0.496 e. The fraction of sp³-hybridized carbons (Fsp3) is 0.632. The third-order valence-electron chi connectivity index (χ3n) is 4.76. The van der Waals surface area contributed by atoms with Gasteiger partial charge in [0.25, 0.3) is 0 Å². The van der Waals surface area contributed by atoms with E-state index in [1.165, 1.54) is 13.5 Å². The van der Waals surface area contributed by atoms with Crippen molar-refractivity contribution < 1.29 is 14.3 Å². The van der Waals surface area contributed by atoms with Crippen molar-refractivity contribution in [1.29, 1.82) is 0 Å². The number of esters is 1. The van der Waals surface area contributed by atoms with E-state index < -0.39 is 0 Å². The van der Waals surface area contributed by atoms with Crippen molar-refractivity contribution in [2.24, 2.45) is 11.3 Å². The fourth-order valence-corrected chi connectivity index (χ4v) is 4.00. The van der Waals surface area contributed by atoms with E-state index in [0.29, 0.717) is 28.8 Å². The molecule has 1 aromatic rings. The Hall–Kier alpha value is -1.91. The maximum Gasteiger partial charge on any atom is 0.310 e. The highest BCUT2D eigenvalue weighted by atomic mass is 16.5. The number of rotatable bonds is 5. The van der Waals surface area contributed by atoms with Crippen molar-refractivity contribution in [2.45, 2.75) is 52.5 Å². The Morgan fingerprint density at radius 1 is 1.33 bits per heavy atom. The Balaban J connectivity index is 2.20. The third-order valence-corrected chi connectivity index (χ3v) is 4.76. The van der Waals surface area contributed by atoms with Crippen molar-refractivity contribution in [2.75, 3.05) is 25.3 Å². The summed E-state index contributed by atoms with van der Waals surface area (Å²) < 4.78 is 10.2. The normalized spacial score (nSPS) is 22.7. The molecular weight excluding hydrogens is 304 g/mol. The molecule has 3 N–H and O–H groups in total. The number of carbonyl (C=O) groups excluding carboxylic acids is 1. The lowest BCUT2D eigenvalue weighted by Gasteiger charge is -2.39. The highest BCUT2D eigenvalue weighted by molar-refractivity contribution is 5.77. The molecule has 2 rings (SSSR count). The monoisotopic (exact) mass is 334 g/mol. The summed E-state index contributed by atoms with van der Waals surface area (Å²) in [6.45, 7) is 6.94. The second-order valence-electron chi connectivity index (χ2n) is 7.76. The van der Waals surface area contributed by atoms with Gasteiger partial charge in [-0.15, -0.1) is 0 Å². The zero-order chi connectivity index (χ0) is 17.9. The van der Waals surface area contributed by atoms with Gasteiger partial charge in [-0.05, 0) is 36.7 Å². The summed E-state index contributed by atoms with van der Waals surface area (Å²) >= 11 is 0. The van der Waals surface area contributed by atoms with Crippen LogP contribution in [0.4, 0.5) is 11.4 Å². The predicted molar refractivity (Wildman–Crippen MR) is 97.3 cm³/mol. The first-order chi connectivity index (χ1) is 11.2. The van der Waals surface area contributed by atoms with Gasteiger partial charge in [-0.2, -0.15) is 0 Å². The molecule has 1 aliphatic carbocycles. The Kier molecular flexibility index (Phi) is 5.62. The highest BCUT2D eigenvalue weighted by Crippen LogP contribution is 2.40. The molecule has 2 atom stereocenters. The summed E-state index contributed by atoms with van der Waals surface area (Å²) in [5.41, 5.74) is 8.79. The van der Waals surface area contributed by atoms with Crippen LogP contribution in [0.15, 0.2) is 12.1 Å². The zero-order valence-electron chi connectivity index (χ0n) is 15.4. The van der Waals surface area contributed by atoms with Crippen LogP contribution in [-0.4, -0.2) is 26.2 Å². The quantitative estimate of drug-likeness (QED) is 0.635. The van der Waals surface area contributed by atoms with E-state index in [0.717, 1.165) is 24.1 Å². The zero-order valence-corrected chi connectivity index (χ0v) is 15.4. The lowest BCUT2D eigenvalue weighted by molar-refractivity contribution is -0.139. The van der Waals surface area contributed by atoms with E-state index in [2.05, 4.69) is 26.1 Å². The molecule has 5 heteroatoms. The molecule has 0 amide bonds. The minimum Gasteiger partial charge on any atom is -0.496 e. The Morgan fingerprint density at radius 3 is 2.62 bits per heavy atom. The van der Waals surface area contributed by atoms with E-state index in [4.69, 9.17) is 15.2 Å². The molecule has 0 aromatic heterocycles. The van der Waals surface area contributed by atoms with Crippen molar-refractivity contribution in [1.82, 2.24) is 0 Å². The fourth-order valence-electron chi connectivity index (χ4n) is 4.00. The van der Waals surface area contributed by atoms with Crippen LogP contribution in [0, 0.1) is 11.3 Å². The number of ether oxygens (including phenoxy) is 2. The van der Waals surface area contributed by atoms with Crippen LogP contribution in [0.5, 0.6) is 5.75 Å². The maximum absolute atomic E-state index is 11.5. The van der Waals surface area contributed by atoms with Gasteiger partial charge in [0.15, 0.2) is 0 Å². The van der Waals surface area contributed by atoms with Gasteiger partial charge in [0.05, 0.1) is 32.0 Å². The number of nitrogen functional groups attached to an aromatic ring is 1. The summed E-state index contributed by atoms with van der Waals surface area (Å²) in [4.78, 5) is 11.5. The van der Waals surface area contributed by atoms with Crippen LogP contribution < -0.4 is 15.8 Å². The SMILES string of the molecule is COC(=O)Cc1cc(N)c(NC2C[C@H](C)CC(C)(C)C2)cc1OC. The summed E-state index contributed by atoms with van der Waals surface area (Å²) in [6.07, 6.45) is 3.65. The van der Waals surface area contributed by atoms with Crippen molar-refractivity contribution in [3.63, 3.8) is 0 Å². The molecule has 1 aliphatic rings. The molecule has 0 radical (unpaired) electrons. The van der Waals surface area contributed by atoms with E-state index >= 15 is 0 Å². The number of carbonyl (C=O) groups is 1. The number of anilines is 2. The smallest absolute Gasteiger partial charge is 0.310 e. The molecule has 1 saturated carbocycles. The van der Waals surface area contributed by atoms with Gasteiger partial charge in [-0.1, -0.05) is 20.8 Å². The van der Waals surface area contributed by atoms with Gasteiger partial charge < -0.3 is 20.5 Å². The number of hydrogen-bond donors (Lipinski definition) is 2. The summed E-state index contributed by atoms with van der Waals surface area (Å²) in [6, 6.07) is 4.08. The second kappa shape index (κ2) is 7.32.